The zero-order chi connectivity index (χ0) is 10.1. The molecule has 0 rings (SSSR count). The molecule has 0 heterocycles. The second-order valence-electron chi connectivity index (χ2n) is 3.28. The van der Waals surface area contributed by atoms with Gasteiger partial charge in [-0.1, -0.05) is 13.3 Å². The normalized spacial score (nSPS) is 15.7. The Morgan fingerprint density at radius 3 is 2.38 bits per heavy atom. The third kappa shape index (κ3) is 6.95. The fraction of sp³-hybridized carbons (Fsp3) is 1.00. The van der Waals surface area contributed by atoms with Crippen LogP contribution in [0.1, 0.15) is 19.8 Å². The number of aliphatic hydroxyl groups excluding tert-OH is 3. The molecule has 0 aliphatic rings. The van der Waals surface area contributed by atoms with E-state index in [4.69, 9.17) is 15.3 Å². The Labute approximate surface area is 79.6 Å². The van der Waals surface area contributed by atoms with Gasteiger partial charge in [0.05, 0.1) is 12.7 Å². The van der Waals surface area contributed by atoms with Gasteiger partial charge in [-0.15, -0.1) is 0 Å². The number of aliphatic hydroxyl groups is 3. The van der Waals surface area contributed by atoms with E-state index >= 15 is 0 Å². The standard InChI is InChI=1S/C9H21NO3/c1-2-8(3-4-11)5-10-6-9(13)7-12/h8-13H,2-7H2,1H3. The molecule has 4 heteroatoms. The molecule has 0 radical (unpaired) electrons. The molecule has 2 atom stereocenters. The van der Waals surface area contributed by atoms with E-state index < -0.39 is 6.10 Å². The SMILES string of the molecule is CCC(CCO)CNCC(O)CO. The molecule has 0 bridgehead atoms. The van der Waals surface area contributed by atoms with Gasteiger partial charge in [-0.25, -0.2) is 0 Å². The molecule has 0 fully saturated rings. The molecule has 13 heavy (non-hydrogen) atoms. The Kier molecular flexibility index (Phi) is 8.33. The first-order valence-electron chi connectivity index (χ1n) is 4.85. The number of rotatable bonds is 8. The monoisotopic (exact) mass is 191 g/mol. The van der Waals surface area contributed by atoms with E-state index in [0.717, 1.165) is 19.4 Å². The average Bonchev–Trinajstić information content (AvgIpc) is 2.16. The molecule has 0 saturated carbocycles. The van der Waals surface area contributed by atoms with Crippen LogP contribution in [0, 0.1) is 5.92 Å². The highest BCUT2D eigenvalue weighted by molar-refractivity contribution is 4.63. The second kappa shape index (κ2) is 8.44. The Balaban J connectivity index is 3.37. The van der Waals surface area contributed by atoms with E-state index in [9.17, 15) is 0 Å². The fourth-order valence-electron chi connectivity index (χ4n) is 1.15. The van der Waals surface area contributed by atoms with Gasteiger partial charge in [0.1, 0.15) is 0 Å². The fourth-order valence-corrected chi connectivity index (χ4v) is 1.15. The van der Waals surface area contributed by atoms with E-state index in [2.05, 4.69) is 12.2 Å². The molecular formula is C9H21NO3. The minimum atomic E-state index is -0.674. The maximum atomic E-state index is 9.01. The van der Waals surface area contributed by atoms with Crippen molar-refractivity contribution in [2.75, 3.05) is 26.3 Å². The van der Waals surface area contributed by atoms with Crippen molar-refractivity contribution in [3.05, 3.63) is 0 Å². The van der Waals surface area contributed by atoms with Crippen LogP contribution in [-0.4, -0.2) is 47.7 Å². The van der Waals surface area contributed by atoms with E-state index in [0.29, 0.717) is 12.5 Å². The lowest BCUT2D eigenvalue weighted by molar-refractivity contribution is 0.0931. The first kappa shape index (κ1) is 12.8. The maximum absolute atomic E-state index is 9.01. The summed E-state index contributed by atoms with van der Waals surface area (Å²) in [4.78, 5) is 0. The summed E-state index contributed by atoms with van der Waals surface area (Å²) in [5.74, 6) is 0.455. The lowest BCUT2D eigenvalue weighted by Gasteiger charge is -2.15. The Bertz CT molecular complexity index is 111. The third-order valence-electron chi connectivity index (χ3n) is 2.14. The molecule has 0 aromatic carbocycles. The molecule has 0 aliphatic carbocycles. The van der Waals surface area contributed by atoms with Crippen LogP contribution in [0.3, 0.4) is 0 Å². The van der Waals surface area contributed by atoms with Crippen molar-refractivity contribution in [2.24, 2.45) is 5.92 Å². The van der Waals surface area contributed by atoms with Crippen LogP contribution in [0.4, 0.5) is 0 Å². The predicted molar refractivity (Wildman–Crippen MR) is 51.4 cm³/mol. The Hall–Kier alpha value is -0.160. The topological polar surface area (TPSA) is 72.7 Å². The lowest BCUT2D eigenvalue weighted by atomic mass is 10.0. The van der Waals surface area contributed by atoms with Crippen molar-refractivity contribution in [2.45, 2.75) is 25.9 Å². The number of hydrogen-bond donors (Lipinski definition) is 4. The Morgan fingerprint density at radius 2 is 1.92 bits per heavy atom. The van der Waals surface area contributed by atoms with Crippen molar-refractivity contribution in [3.63, 3.8) is 0 Å². The smallest absolute Gasteiger partial charge is 0.0894 e. The quantitative estimate of drug-likeness (QED) is 0.411. The molecule has 80 valence electrons. The van der Waals surface area contributed by atoms with Gasteiger partial charge >= 0.3 is 0 Å². The molecule has 4 nitrogen and oxygen atoms in total. The summed E-state index contributed by atoms with van der Waals surface area (Å²) in [6.07, 6.45) is 1.13. The van der Waals surface area contributed by atoms with Crippen LogP contribution in [0.15, 0.2) is 0 Å². The predicted octanol–water partition coefficient (Wildman–Crippen LogP) is -0.662. The van der Waals surface area contributed by atoms with E-state index in [1.54, 1.807) is 0 Å². The largest absolute Gasteiger partial charge is 0.396 e. The molecule has 0 aromatic rings. The second-order valence-corrected chi connectivity index (χ2v) is 3.28. The lowest BCUT2D eigenvalue weighted by Crippen LogP contribution is -2.32. The molecule has 2 unspecified atom stereocenters. The average molecular weight is 191 g/mol. The van der Waals surface area contributed by atoms with Crippen molar-refractivity contribution < 1.29 is 15.3 Å². The first-order chi connectivity index (χ1) is 6.24. The van der Waals surface area contributed by atoms with Crippen LogP contribution in [0.5, 0.6) is 0 Å². The van der Waals surface area contributed by atoms with E-state index in [1.807, 2.05) is 0 Å². The van der Waals surface area contributed by atoms with Crippen LogP contribution in [-0.2, 0) is 0 Å². The summed E-state index contributed by atoms with van der Waals surface area (Å²) >= 11 is 0. The highest BCUT2D eigenvalue weighted by Crippen LogP contribution is 2.05. The van der Waals surface area contributed by atoms with Crippen molar-refractivity contribution in [3.8, 4) is 0 Å². The van der Waals surface area contributed by atoms with Gasteiger partial charge in [0, 0.05) is 13.2 Å². The Morgan fingerprint density at radius 1 is 1.23 bits per heavy atom. The van der Waals surface area contributed by atoms with Gasteiger partial charge in [0.2, 0.25) is 0 Å². The maximum Gasteiger partial charge on any atom is 0.0894 e. The minimum absolute atomic E-state index is 0.205. The van der Waals surface area contributed by atoms with Crippen LogP contribution < -0.4 is 5.32 Å². The van der Waals surface area contributed by atoms with E-state index in [-0.39, 0.29) is 13.2 Å². The number of hydrogen-bond acceptors (Lipinski definition) is 4. The summed E-state index contributed by atoms with van der Waals surface area (Å²) in [5.41, 5.74) is 0. The van der Waals surface area contributed by atoms with E-state index in [1.165, 1.54) is 0 Å². The van der Waals surface area contributed by atoms with Crippen LogP contribution in [0.25, 0.3) is 0 Å². The molecule has 0 amide bonds. The zero-order valence-corrected chi connectivity index (χ0v) is 8.24. The summed E-state index contributed by atoms with van der Waals surface area (Å²) in [6, 6.07) is 0. The molecule has 0 aliphatic heterocycles. The summed E-state index contributed by atoms with van der Waals surface area (Å²) in [5, 5.41) is 29.3. The summed E-state index contributed by atoms with van der Waals surface area (Å²) in [6.45, 7) is 3.28. The molecular weight excluding hydrogens is 170 g/mol. The first-order valence-corrected chi connectivity index (χ1v) is 4.85. The molecule has 0 saturated heterocycles. The van der Waals surface area contributed by atoms with Gasteiger partial charge < -0.3 is 20.6 Å². The molecule has 0 spiro atoms. The summed E-state index contributed by atoms with van der Waals surface area (Å²) < 4.78 is 0. The van der Waals surface area contributed by atoms with Crippen molar-refractivity contribution >= 4 is 0 Å². The third-order valence-corrected chi connectivity index (χ3v) is 2.14. The van der Waals surface area contributed by atoms with Crippen molar-refractivity contribution in [1.82, 2.24) is 5.32 Å². The van der Waals surface area contributed by atoms with Gasteiger partial charge in [0.15, 0.2) is 0 Å². The molecule has 0 aromatic heterocycles. The van der Waals surface area contributed by atoms with Gasteiger partial charge in [-0.2, -0.15) is 0 Å². The minimum Gasteiger partial charge on any atom is -0.396 e. The highest BCUT2D eigenvalue weighted by atomic mass is 16.3. The number of nitrogens with one attached hydrogen (secondary N) is 1. The zero-order valence-electron chi connectivity index (χ0n) is 8.24. The van der Waals surface area contributed by atoms with Crippen molar-refractivity contribution in [1.29, 1.82) is 0 Å². The highest BCUT2D eigenvalue weighted by Gasteiger charge is 2.06. The van der Waals surface area contributed by atoms with Crippen LogP contribution in [0.2, 0.25) is 0 Å². The molecule has 4 N–H and O–H groups in total. The van der Waals surface area contributed by atoms with Gasteiger partial charge in [-0.05, 0) is 18.9 Å². The van der Waals surface area contributed by atoms with Gasteiger partial charge in [-0.3, -0.25) is 0 Å². The van der Waals surface area contributed by atoms with Crippen LogP contribution >= 0.6 is 0 Å². The van der Waals surface area contributed by atoms with Gasteiger partial charge in [0.25, 0.3) is 0 Å². The summed E-state index contributed by atoms with van der Waals surface area (Å²) in [7, 11) is 0.